The number of alkyl halides is 3. The highest BCUT2D eigenvalue weighted by Gasteiger charge is 2.36. The first-order chi connectivity index (χ1) is 13.8. The smallest absolute Gasteiger partial charge is 0.385 e. The van der Waals surface area contributed by atoms with Crippen LogP contribution in [0.25, 0.3) is 6.08 Å². The van der Waals surface area contributed by atoms with Crippen molar-refractivity contribution in [3.63, 3.8) is 0 Å². The van der Waals surface area contributed by atoms with Gasteiger partial charge in [0.2, 0.25) is 0 Å². The molecule has 1 aromatic heterocycles. The van der Waals surface area contributed by atoms with Gasteiger partial charge < -0.3 is 16.1 Å². The zero-order valence-electron chi connectivity index (χ0n) is 15.4. The van der Waals surface area contributed by atoms with Gasteiger partial charge in [0.05, 0.1) is 24.3 Å². The van der Waals surface area contributed by atoms with E-state index in [0.29, 0.717) is 23.6 Å². The molecule has 3 heterocycles. The molecule has 150 valence electrons. The summed E-state index contributed by atoms with van der Waals surface area (Å²) in [6.45, 7) is 2.20. The molecule has 2 aromatic rings. The lowest BCUT2D eigenvalue weighted by molar-refractivity contribution is -0.138. The van der Waals surface area contributed by atoms with Crippen molar-refractivity contribution in [2.45, 2.75) is 19.1 Å². The van der Waals surface area contributed by atoms with E-state index in [0.717, 1.165) is 6.07 Å². The van der Waals surface area contributed by atoms with Crippen LogP contribution < -0.4 is 16.1 Å². The van der Waals surface area contributed by atoms with Crippen molar-refractivity contribution in [2.75, 3.05) is 12.0 Å². The van der Waals surface area contributed by atoms with Crippen LogP contribution in [0.15, 0.2) is 60.1 Å². The van der Waals surface area contributed by atoms with Crippen molar-refractivity contribution in [2.24, 2.45) is 0 Å². The predicted molar refractivity (Wildman–Crippen MR) is 102 cm³/mol. The molecular formula is C20H18F3N5O. The summed E-state index contributed by atoms with van der Waals surface area (Å²) >= 11 is 0. The number of nitrogens with one attached hydrogen (secondary N) is 3. The quantitative estimate of drug-likeness (QED) is 0.738. The third-order valence-electron chi connectivity index (χ3n) is 4.75. The standard InChI is InChI=1S/C20H18F3N5O/c1-12-9-17-25-11-16(19(29)26-13-5-4-8-24-10-13)28(17)27-18(12)14-6-2-3-7-15(14)20(21,22)23/h2-9,11,18,24,27H,10H2,1H3,(H,26,29). The lowest BCUT2D eigenvalue weighted by atomic mass is 9.94. The summed E-state index contributed by atoms with van der Waals surface area (Å²) in [6.07, 6.45) is 3.87. The number of aromatic nitrogens is 2. The number of carbonyl (C=O) groups is 1. The number of halogens is 3. The number of benzene rings is 1. The molecule has 4 rings (SSSR count). The molecule has 0 bridgehead atoms. The van der Waals surface area contributed by atoms with Gasteiger partial charge in [0.15, 0.2) is 5.82 Å². The molecule has 2 aliphatic heterocycles. The summed E-state index contributed by atoms with van der Waals surface area (Å²) in [7, 11) is 0. The number of hydrogen-bond donors (Lipinski definition) is 3. The summed E-state index contributed by atoms with van der Waals surface area (Å²) in [6, 6.07) is 4.66. The van der Waals surface area contributed by atoms with E-state index in [1.54, 1.807) is 37.4 Å². The third-order valence-corrected chi connectivity index (χ3v) is 4.75. The molecule has 1 aromatic carbocycles. The van der Waals surface area contributed by atoms with E-state index in [4.69, 9.17) is 0 Å². The Morgan fingerprint density at radius 3 is 2.83 bits per heavy atom. The first-order valence-electron chi connectivity index (χ1n) is 8.93. The number of amides is 1. The Bertz CT molecular complexity index is 1050. The van der Waals surface area contributed by atoms with Gasteiger partial charge in [-0.15, -0.1) is 0 Å². The van der Waals surface area contributed by atoms with Crippen LogP contribution in [0.2, 0.25) is 0 Å². The van der Waals surface area contributed by atoms with Crippen LogP contribution in [0.3, 0.4) is 0 Å². The lowest BCUT2D eigenvalue weighted by Crippen LogP contribution is -2.35. The molecule has 1 amide bonds. The van der Waals surface area contributed by atoms with Gasteiger partial charge in [-0.3, -0.25) is 4.79 Å². The van der Waals surface area contributed by atoms with Gasteiger partial charge in [-0.05, 0) is 48.6 Å². The lowest BCUT2D eigenvalue weighted by Gasteiger charge is -2.29. The van der Waals surface area contributed by atoms with Gasteiger partial charge in [-0.25, -0.2) is 9.66 Å². The van der Waals surface area contributed by atoms with E-state index in [9.17, 15) is 18.0 Å². The number of fused-ring (bicyclic) bond motifs is 1. The number of imidazole rings is 1. The molecule has 0 radical (unpaired) electrons. The van der Waals surface area contributed by atoms with Crippen LogP contribution in [0, 0.1) is 0 Å². The van der Waals surface area contributed by atoms with Gasteiger partial charge in [0.25, 0.3) is 5.91 Å². The highest BCUT2D eigenvalue weighted by molar-refractivity contribution is 5.94. The molecular weight excluding hydrogens is 383 g/mol. The number of dihydropyridines is 1. The molecule has 2 aliphatic rings. The second-order valence-corrected chi connectivity index (χ2v) is 6.76. The minimum atomic E-state index is -4.48. The van der Waals surface area contributed by atoms with Crippen molar-refractivity contribution < 1.29 is 18.0 Å². The Balaban J connectivity index is 1.66. The second kappa shape index (κ2) is 7.16. The maximum atomic E-state index is 13.5. The number of carbonyl (C=O) groups excluding carboxylic acids is 1. The fourth-order valence-electron chi connectivity index (χ4n) is 3.36. The van der Waals surface area contributed by atoms with Gasteiger partial charge in [-0.1, -0.05) is 18.2 Å². The van der Waals surface area contributed by atoms with Crippen molar-refractivity contribution in [3.05, 3.63) is 82.7 Å². The molecule has 0 aliphatic carbocycles. The Hall–Kier alpha value is -3.49. The van der Waals surface area contributed by atoms with Gasteiger partial charge in [0, 0.05) is 5.70 Å². The van der Waals surface area contributed by atoms with Crippen LogP contribution in [-0.2, 0) is 6.18 Å². The van der Waals surface area contributed by atoms with Gasteiger partial charge in [-0.2, -0.15) is 13.2 Å². The molecule has 0 saturated heterocycles. The molecule has 29 heavy (non-hydrogen) atoms. The number of allylic oxidation sites excluding steroid dienone is 2. The van der Waals surface area contributed by atoms with Crippen LogP contribution in [0.5, 0.6) is 0 Å². The van der Waals surface area contributed by atoms with Crippen LogP contribution in [0.1, 0.15) is 40.4 Å². The zero-order chi connectivity index (χ0) is 20.6. The summed E-state index contributed by atoms with van der Waals surface area (Å²) in [5.41, 5.74) is 3.93. The van der Waals surface area contributed by atoms with Crippen LogP contribution in [0.4, 0.5) is 13.2 Å². The number of hydrogen-bond acceptors (Lipinski definition) is 4. The van der Waals surface area contributed by atoms with E-state index >= 15 is 0 Å². The predicted octanol–water partition coefficient (Wildman–Crippen LogP) is 3.33. The minimum Gasteiger partial charge on any atom is -0.385 e. The highest BCUT2D eigenvalue weighted by Crippen LogP contribution is 2.38. The monoisotopic (exact) mass is 401 g/mol. The van der Waals surface area contributed by atoms with Crippen molar-refractivity contribution in [1.29, 1.82) is 0 Å². The first-order valence-corrected chi connectivity index (χ1v) is 8.93. The Morgan fingerprint density at radius 1 is 1.31 bits per heavy atom. The fourth-order valence-corrected chi connectivity index (χ4v) is 3.36. The van der Waals surface area contributed by atoms with E-state index in [-0.39, 0.29) is 11.3 Å². The normalized spacial score (nSPS) is 18.1. The highest BCUT2D eigenvalue weighted by atomic mass is 19.4. The molecule has 0 fully saturated rings. The van der Waals surface area contributed by atoms with Crippen molar-refractivity contribution >= 4 is 12.0 Å². The first kappa shape index (κ1) is 18.9. The maximum absolute atomic E-state index is 13.5. The molecule has 1 unspecified atom stereocenters. The van der Waals surface area contributed by atoms with E-state index < -0.39 is 23.7 Å². The van der Waals surface area contributed by atoms with Crippen molar-refractivity contribution in [1.82, 2.24) is 20.3 Å². The summed E-state index contributed by atoms with van der Waals surface area (Å²) in [5, 5.41) is 5.76. The Morgan fingerprint density at radius 2 is 2.10 bits per heavy atom. The van der Waals surface area contributed by atoms with Crippen LogP contribution >= 0.6 is 0 Å². The van der Waals surface area contributed by atoms with Gasteiger partial charge in [0.1, 0.15) is 5.69 Å². The SMILES string of the molecule is CC1=Cc2ncc(C(=O)NC3=CC=CNC3)n2NC1c1ccccc1C(F)(F)F. The summed E-state index contributed by atoms with van der Waals surface area (Å²) in [5.74, 6) is 0.0412. The maximum Gasteiger partial charge on any atom is 0.416 e. The Kier molecular flexibility index (Phi) is 4.65. The molecule has 0 saturated carbocycles. The fraction of sp³-hybridized carbons (Fsp3) is 0.200. The summed E-state index contributed by atoms with van der Waals surface area (Å²) in [4.78, 5) is 16.9. The van der Waals surface area contributed by atoms with Crippen molar-refractivity contribution in [3.8, 4) is 0 Å². The minimum absolute atomic E-state index is 0.0868. The molecule has 6 nitrogen and oxygen atoms in total. The molecule has 0 spiro atoms. The largest absolute Gasteiger partial charge is 0.416 e. The van der Waals surface area contributed by atoms with Gasteiger partial charge >= 0.3 is 6.18 Å². The molecule has 9 heteroatoms. The Labute approximate surface area is 164 Å². The molecule has 3 N–H and O–H groups in total. The average molecular weight is 401 g/mol. The number of rotatable bonds is 3. The second-order valence-electron chi connectivity index (χ2n) is 6.76. The zero-order valence-corrected chi connectivity index (χ0v) is 15.4. The topological polar surface area (TPSA) is 71.0 Å². The van der Waals surface area contributed by atoms with E-state index in [2.05, 4.69) is 21.0 Å². The summed E-state index contributed by atoms with van der Waals surface area (Å²) < 4.78 is 41.9. The molecule has 1 atom stereocenters. The third kappa shape index (κ3) is 3.63. The van der Waals surface area contributed by atoms with Crippen LogP contribution in [-0.4, -0.2) is 22.1 Å². The van der Waals surface area contributed by atoms with E-state index in [1.165, 1.54) is 23.0 Å². The number of nitrogens with zero attached hydrogens (tertiary/aromatic N) is 2. The van der Waals surface area contributed by atoms with E-state index in [1.807, 2.05) is 0 Å². The average Bonchev–Trinajstić information content (AvgIpc) is 3.10.